The number of nitrogens with zero attached hydrogens (tertiary/aromatic N) is 2. The van der Waals surface area contributed by atoms with Crippen LogP contribution in [0, 0.1) is 0 Å². The van der Waals surface area contributed by atoms with Gasteiger partial charge in [0.15, 0.2) is 5.13 Å². The Kier molecular flexibility index (Phi) is 5.36. The van der Waals surface area contributed by atoms with Crippen LogP contribution in [-0.2, 0) is 10.0 Å². The Morgan fingerprint density at radius 3 is 2.67 bits per heavy atom. The SMILES string of the molecule is O=C(Nc1nc(-c2ccc(Cl)s2)cs1)c1sccc1S(=O)(=O)N1CCCC1. The first-order chi connectivity index (χ1) is 12.9. The Hall–Kier alpha value is -1.30. The molecule has 1 saturated heterocycles. The number of carbonyl (C=O) groups excluding carboxylic acids is 1. The van der Waals surface area contributed by atoms with Crippen LogP contribution < -0.4 is 5.32 Å². The topological polar surface area (TPSA) is 79.4 Å². The van der Waals surface area contributed by atoms with Crippen LogP contribution in [0.5, 0.6) is 0 Å². The summed E-state index contributed by atoms with van der Waals surface area (Å²) in [4.78, 5) is 18.2. The van der Waals surface area contributed by atoms with Crippen molar-refractivity contribution in [3.05, 3.63) is 38.2 Å². The Balaban J connectivity index is 1.55. The number of thiophene rings is 2. The molecule has 6 nitrogen and oxygen atoms in total. The molecule has 0 unspecified atom stereocenters. The quantitative estimate of drug-likeness (QED) is 0.603. The molecular formula is C16H14ClN3O3S4. The van der Waals surface area contributed by atoms with Gasteiger partial charge in [0.1, 0.15) is 9.77 Å². The highest BCUT2D eigenvalue weighted by Gasteiger charge is 2.32. The van der Waals surface area contributed by atoms with Gasteiger partial charge in [-0.25, -0.2) is 13.4 Å². The highest BCUT2D eigenvalue weighted by Crippen LogP contribution is 2.33. The van der Waals surface area contributed by atoms with Gasteiger partial charge in [-0.1, -0.05) is 11.6 Å². The Morgan fingerprint density at radius 2 is 1.96 bits per heavy atom. The van der Waals surface area contributed by atoms with E-state index in [0.717, 1.165) is 34.7 Å². The van der Waals surface area contributed by atoms with Gasteiger partial charge in [-0.2, -0.15) is 4.31 Å². The van der Waals surface area contributed by atoms with Crippen molar-refractivity contribution >= 4 is 66.7 Å². The van der Waals surface area contributed by atoms with E-state index in [1.165, 1.54) is 33.0 Å². The summed E-state index contributed by atoms with van der Waals surface area (Å²) in [5.41, 5.74) is 0.725. The second-order valence-corrected chi connectivity index (χ2v) is 11.2. The number of amides is 1. The van der Waals surface area contributed by atoms with Crippen LogP contribution in [0.2, 0.25) is 4.34 Å². The highest BCUT2D eigenvalue weighted by atomic mass is 35.5. The van der Waals surface area contributed by atoms with Crippen LogP contribution in [0.25, 0.3) is 10.6 Å². The molecule has 0 spiro atoms. The average Bonchev–Trinajstić information content (AvgIpc) is 3.41. The van der Waals surface area contributed by atoms with Crippen molar-refractivity contribution in [2.24, 2.45) is 0 Å². The van der Waals surface area contributed by atoms with E-state index in [9.17, 15) is 13.2 Å². The average molecular weight is 460 g/mol. The van der Waals surface area contributed by atoms with Crippen LogP contribution in [0.4, 0.5) is 5.13 Å². The van der Waals surface area contributed by atoms with Gasteiger partial charge in [0.25, 0.3) is 5.91 Å². The molecule has 1 N–H and O–H groups in total. The lowest BCUT2D eigenvalue weighted by molar-refractivity contribution is 0.102. The van der Waals surface area contributed by atoms with Crippen molar-refractivity contribution in [1.82, 2.24) is 9.29 Å². The summed E-state index contributed by atoms with van der Waals surface area (Å²) in [7, 11) is -3.65. The van der Waals surface area contributed by atoms with E-state index in [1.54, 1.807) is 11.4 Å². The van der Waals surface area contributed by atoms with Crippen molar-refractivity contribution in [2.45, 2.75) is 17.7 Å². The zero-order valence-corrected chi connectivity index (χ0v) is 17.9. The number of hydrogen-bond donors (Lipinski definition) is 1. The van der Waals surface area contributed by atoms with Gasteiger partial charge in [0.2, 0.25) is 10.0 Å². The molecule has 0 aliphatic carbocycles. The van der Waals surface area contributed by atoms with E-state index in [-0.39, 0.29) is 9.77 Å². The molecule has 0 atom stereocenters. The van der Waals surface area contributed by atoms with Gasteiger partial charge in [-0.05, 0) is 36.4 Å². The summed E-state index contributed by atoms with van der Waals surface area (Å²) in [6.07, 6.45) is 1.69. The van der Waals surface area contributed by atoms with Crippen molar-refractivity contribution in [3.8, 4) is 10.6 Å². The van der Waals surface area contributed by atoms with E-state index in [0.29, 0.717) is 22.6 Å². The smallest absolute Gasteiger partial charge is 0.268 e. The fourth-order valence-electron chi connectivity index (χ4n) is 2.78. The zero-order chi connectivity index (χ0) is 19.0. The molecule has 3 aromatic heterocycles. The first-order valence-electron chi connectivity index (χ1n) is 8.05. The van der Waals surface area contributed by atoms with Crippen LogP contribution >= 0.6 is 45.6 Å². The van der Waals surface area contributed by atoms with Crippen molar-refractivity contribution in [3.63, 3.8) is 0 Å². The molecule has 1 aliphatic heterocycles. The van der Waals surface area contributed by atoms with Gasteiger partial charge in [0, 0.05) is 18.5 Å². The molecule has 3 aromatic rings. The fourth-order valence-corrected chi connectivity index (χ4v) is 7.38. The molecule has 11 heteroatoms. The molecule has 1 amide bonds. The number of thiazole rings is 1. The predicted octanol–water partition coefficient (Wildman–Crippen LogP) is 4.62. The third kappa shape index (κ3) is 3.82. The number of nitrogens with one attached hydrogen (secondary N) is 1. The van der Waals surface area contributed by atoms with Crippen molar-refractivity contribution in [2.75, 3.05) is 18.4 Å². The number of hydrogen-bond acceptors (Lipinski definition) is 7. The molecular weight excluding hydrogens is 446 g/mol. The molecule has 0 saturated carbocycles. The minimum Gasteiger partial charge on any atom is -0.297 e. The highest BCUT2D eigenvalue weighted by molar-refractivity contribution is 7.89. The molecule has 1 fully saturated rings. The van der Waals surface area contributed by atoms with Crippen LogP contribution in [-0.4, -0.2) is 36.7 Å². The van der Waals surface area contributed by atoms with Crippen molar-refractivity contribution in [1.29, 1.82) is 0 Å². The monoisotopic (exact) mass is 459 g/mol. The van der Waals surface area contributed by atoms with Crippen LogP contribution in [0.1, 0.15) is 22.5 Å². The molecule has 27 heavy (non-hydrogen) atoms. The lowest BCUT2D eigenvalue weighted by atomic mass is 10.4. The number of halogens is 1. The normalized spacial score (nSPS) is 15.3. The molecule has 0 aromatic carbocycles. The Labute approximate surface area is 173 Å². The van der Waals surface area contributed by atoms with Crippen LogP contribution in [0.3, 0.4) is 0 Å². The Bertz CT molecular complexity index is 1080. The Morgan fingerprint density at radius 1 is 1.19 bits per heavy atom. The minimum atomic E-state index is -3.65. The van der Waals surface area contributed by atoms with E-state index < -0.39 is 15.9 Å². The largest absolute Gasteiger partial charge is 0.297 e. The molecule has 1 aliphatic rings. The number of rotatable bonds is 5. The summed E-state index contributed by atoms with van der Waals surface area (Å²) in [5, 5.41) is 6.58. The number of sulfonamides is 1. The maximum atomic E-state index is 12.8. The first-order valence-corrected chi connectivity index (χ1v) is 12.4. The van der Waals surface area contributed by atoms with Gasteiger partial charge in [-0.15, -0.1) is 34.0 Å². The summed E-state index contributed by atoms with van der Waals surface area (Å²) in [5.74, 6) is -0.465. The molecule has 0 radical (unpaired) electrons. The number of aromatic nitrogens is 1. The zero-order valence-electron chi connectivity index (χ0n) is 13.8. The second kappa shape index (κ2) is 7.61. The lowest BCUT2D eigenvalue weighted by Crippen LogP contribution is -2.29. The van der Waals surface area contributed by atoms with E-state index >= 15 is 0 Å². The summed E-state index contributed by atoms with van der Waals surface area (Å²) in [6, 6.07) is 5.15. The number of anilines is 1. The summed E-state index contributed by atoms with van der Waals surface area (Å²) >= 11 is 9.75. The van der Waals surface area contributed by atoms with E-state index in [2.05, 4.69) is 10.3 Å². The van der Waals surface area contributed by atoms with Gasteiger partial charge in [0.05, 0.1) is 14.9 Å². The molecule has 142 valence electrons. The van der Waals surface area contributed by atoms with Crippen molar-refractivity contribution < 1.29 is 13.2 Å². The third-order valence-electron chi connectivity index (χ3n) is 4.07. The standard InChI is InChI=1S/C16H14ClN3O3S4/c17-13-4-3-11(26-13)10-9-25-16(18-10)19-15(21)14-12(5-8-24-14)27(22,23)20-6-1-2-7-20/h3-5,8-9H,1-2,6-7H2,(H,18,19,21). The summed E-state index contributed by atoms with van der Waals surface area (Å²) < 4.78 is 27.7. The van der Waals surface area contributed by atoms with Crippen LogP contribution in [0.15, 0.2) is 33.9 Å². The molecule has 4 rings (SSSR count). The number of carbonyl (C=O) groups is 1. The lowest BCUT2D eigenvalue weighted by Gasteiger charge is -2.15. The summed E-state index contributed by atoms with van der Waals surface area (Å²) in [6.45, 7) is 0.997. The predicted molar refractivity (Wildman–Crippen MR) is 111 cm³/mol. The van der Waals surface area contributed by atoms with E-state index in [1.807, 2.05) is 11.4 Å². The van der Waals surface area contributed by atoms with Gasteiger partial charge < -0.3 is 0 Å². The molecule has 4 heterocycles. The first kappa shape index (κ1) is 19.0. The maximum Gasteiger partial charge on any atom is 0.268 e. The van der Waals surface area contributed by atoms with E-state index in [4.69, 9.17) is 11.6 Å². The third-order valence-corrected chi connectivity index (χ3v) is 9.06. The van der Waals surface area contributed by atoms with Gasteiger partial charge in [-0.3, -0.25) is 10.1 Å². The van der Waals surface area contributed by atoms with Gasteiger partial charge >= 0.3 is 0 Å². The fraction of sp³-hybridized carbons (Fsp3) is 0.250. The maximum absolute atomic E-state index is 12.8. The minimum absolute atomic E-state index is 0.0636. The second-order valence-electron chi connectivity index (χ2n) is 5.82. The molecule has 0 bridgehead atoms.